The van der Waals surface area contributed by atoms with Gasteiger partial charge in [-0.1, -0.05) is 103 Å². The Bertz CT molecular complexity index is 1450. The van der Waals surface area contributed by atoms with Crippen LogP contribution >= 0.6 is 11.6 Å². The molecule has 2 atom stereocenters. The van der Waals surface area contributed by atoms with Gasteiger partial charge in [-0.05, 0) is 16.7 Å². The maximum Gasteiger partial charge on any atom is 0.410 e. The predicted molar refractivity (Wildman–Crippen MR) is 152 cm³/mol. The number of alkyl halides is 3. The Hall–Kier alpha value is -3.82. The number of hydrogen-bond donors (Lipinski definition) is 1. The van der Waals surface area contributed by atoms with E-state index in [0.29, 0.717) is 31.7 Å². The average molecular weight is 580 g/mol. The second kappa shape index (κ2) is 11.2. The topological polar surface area (TPSA) is 53.4 Å². The van der Waals surface area contributed by atoms with Crippen molar-refractivity contribution in [2.24, 2.45) is 0 Å². The molecule has 0 unspecified atom stereocenters. The number of amides is 1. The second-order valence-electron chi connectivity index (χ2n) is 10.4. The minimum atomic E-state index is -4.56. The molecule has 6 rings (SSSR count). The molecule has 0 spiro atoms. The third-order valence-electron chi connectivity index (χ3n) is 7.90. The Kier molecular flexibility index (Phi) is 7.48. The third kappa shape index (κ3) is 5.44. The van der Waals surface area contributed by atoms with Crippen LogP contribution in [0.5, 0.6) is 0 Å². The summed E-state index contributed by atoms with van der Waals surface area (Å²) >= 11 is 6.59. The molecule has 1 saturated heterocycles. The lowest BCUT2D eigenvalue weighted by molar-refractivity contribution is -0.173. The molecule has 1 amide bonds. The number of carbonyl (C=O) groups excluding carboxylic acids is 1. The van der Waals surface area contributed by atoms with Crippen LogP contribution in [0.3, 0.4) is 0 Å². The van der Waals surface area contributed by atoms with Gasteiger partial charge in [0.15, 0.2) is 11.7 Å². The van der Waals surface area contributed by atoms with E-state index in [2.05, 4.69) is 39.6 Å². The molecule has 6 nitrogen and oxygen atoms in total. The highest BCUT2D eigenvalue weighted by Crippen LogP contribution is 2.46. The number of aromatic nitrogens is 2. The van der Waals surface area contributed by atoms with Gasteiger partial charge in [-0.3, -0.25) is 9.69 Å². The minimum absolute atomic E-state index is 0.0179. The molecule has 41 heavy (non-hydrogen) atoms. The quantitative estimate of drug-likeness (QED) is 0.284. The van der Waals surface area contributed by atoms with E-state index in [9.17, 15) is 18.0 Å². The number of fused-ring (bicyclic) bond motifs is 1. The van der Waals surface area contributed by atoms with Crippen LogP contribution in [0.4, 0.5) is 19.0 Å². The van der Waals surface area contributed by atoms with Gasteiger partial charge in [0.1, 0.15) is 10.8 Å². The van der Waals surface area contributed by atoms with Crippen molar-refractivity contribution >= 4 is 23.3 Å². The number of nitrogens with one attached hydrogen (secondary N) is 1. The van der Waals surface area contributed by atoms with Crippen molar-refractivity contribution in [3.05, 3.63) is 118 Å². The minimum Gasteiger partial charge on any atom is -0.362 e. The molecule has 0 saturated carbocycles. The standard InChI is InChI=1S/C31H29ClF3N5O/c32-26-27(37-40-25(31(33,34)35)20-24(36-29(26)40)21-10-4-1-5-11-21)30(41)39-18-16-38(17-19-39)28(22-12-6-2-7-13-22)23-14-8-3-9-15-23/h1-15,24-25,28,36H,16-20H2/t24-,25+/m0/s1. The van der Waals surface area contributed by atoms with Gasteiger partial charge >= 0.3 is 6.18 Å². The first-order valence-corrected chi connectivity index (χ1v) is 14.0. The molecule has 0 radical (unpaired) electrons. The molecule has 1 aromatic heterocycles. The van der Waals surface area contributed by atoms with Gasteiger partial charge in [0.2, 0.25) is 0 Å². The molecule has 3 heterocycles. The zero-order valence-electron chi connectivity index (χ0n) is 22.1. The number of rotatable bonds is 5. The summed E-state index contributed by atoms with van der Waals surface area (Å²) in [6, 6.07) is 26.8. The summed E-state index contributed by atoms with van der Waals surface area (Å²) in [5, 5.41) is 7.17. The molecule has 0 bridgehead atoms. The Morgan fingerprint density at radius 3 is 1.93 bits per heavy atom. The lowest BCUT2D eigenvalue weighted by Crippen LogP contribution is -2.50. The van der Waals surface area contributed by atoms with E-state index in [1.807, 2.05) is 42.5 Å². The fraction of sp³-hybridized carbons (Fsp3) is 0.290. The lowest BCUT2D eigenvalue weighted by Gasteiger charge is -2.39. The van der Waals surface area contributed by atoms with Crippen LogP contribution in [0.15, 0.2) is 91.0 Å². The van der Waals surface area contributed by atoms with Gasteiger partial charge in [-0.25, -0.2) is 4.68 Å². The van der Waals surface area contributed by atoms with E-state index < -0.39 is 24.2 Å². The van der Waals surface area contributed by atoms with E-state index in [1.54, 1.807) is 29.2 Å². The molecule has 1 N–H and O–H groups in total. The molecule has 2 aliphatic heterocycles. The average Bonchev–Trinajstić information content (AvgIpc) is 3.34. The fourth-order valence-electron chi connectivity index (χ4n) is 5.85. The molecule has 1 fully saturated rings. The molecule has 2 aliphatic rings. The number of benzene rings is 3. The number of anilines is 1. The van der Waals surface area contributed by atoms with Crippen LogP contribution in [-0.2, 0) is 0 Å². The summed E-state index contributed by atoms with van der Waals surface area (Å²) < 4.78 is 43.4. The summed E-state index contributed by atoms with van der Waals surface area (Å²) in [5.74, 6) is -0.448. The van der Waals surface area contributed by atoms with E-state index in [-0.39, 0.29) is 29.0 Å². The zero-order valence-corrected chi connectivity index (χ0v) is 22.9. The highest BCUT2D eigenvalue weighted by molar-refractivity contribution is 6.36. The first kappa shape index (κ1) is 27.4. The smallest absolute Gasteiger partial charge is 0.362 e. The van der Waals surface area contributed by atoms with Crippen LogP contribution in [0.2, 0.25) is 5.02 Å². The van der Waals surface area contributed by atoms with Gasteiger partial charge < -0.3 is 10.2 Å². The molecule has 3 aromatic carbocycles. The Balaban J connectivity index is 1.23. The maximum atomic E-state index is 14.2. The Morgan fingerprint density at radius 2 is 1.39 bits per heavy atom. The number of nitrogens with zero attached hydrogens (tertiary/aromatic N) is 4. The molecule has 10 heteroatoms. The summed E-state index contributed by atoms with van der Waals surface area (Å²) in [7, 11) is 0. The van der Waals surface area contributed by atoms with Crippen LogP contribution in [0.1, 0.15) is 51.7 Å². The zero-order chi connectivity index (χ0) is 28.6. The van der Waals surface area contributed by atoms with Crippen molar-refractivity contribution in [1.82, 2.24) is 19.6 Å². The van der Waals surface area contributed by atoms with E-state index in [4.69, 9.17) is 11.6 Å². The summed E-state index contributed by atoms with van der Waals surface area (Å²) in [6.07, 6.45) is -4.82. The van der Waals surface area contributed by atoms with Gasteiger partial charge in [0, 0.05) is 32.6 Å². The molecule has 212 valence electrons. The van der Waals surface area contributed by atoms with Crippen molar-refractivity contribution in [2.45, 2.75) is 30.7 Å². The SMILES string of the molecule is O=C(c1nn2c(c1Cl)N[C@H](c1ccccc1)C[C@@H]2C(F)(F)F)N1CCN(C(c2ccccc2)c2ccccc2)CC1. The number of halogens is 4. The van der Waals surface area contributed by atoms with Gasteiger partial charge in [-0.2, -0.15) is 18.3 Å². The Labute approximate surface area is 241 Å². The van der Waals surface area contributed by atoms with Crippen molar-refractivity contribution in [3.63, 3.8) is 0 Å². The fourth-order valence-corrected chi connectivity index (χ4v) is 6.11. The lowest BCUT2D eigenvalue weighted by atomic mass is 9.96. The predicted octanol–water partition coefficient (Wildman–Crippen LogP) is 6.74. The van der Waals surface area contributed by atoms with Crippen molar-refractivity contribution in [2.75, 3.05) is 31.5 Å². The maximum absolute atomic E-state index is 14.2. The number of carbonyl (C=O) groups is 1. The summed E-state index contributed by atoms with van der Waals surface area (Å²) in [4.78, 5) is 17.5. The summed E-state index contributed by atoms with van der Waals surface area (Å²) in [5.41, 5.74) is 2.86. The van der Waals surface area contributed by atoms with Crippen molar-refractivity contribution < 1.29 is 18.0 Å². The van der Waals surface area contributed by atoms with Crippen LogP contribution in [0, 0.1) is 0 Å². The van der Waals surface area contributed by atoms with E-state index >= 15 is 0 Å². The number of hydrogen-bond acceptors (Lipinski definition) is 4. The van der Waals surface area contributed by atoms with Gasteiger partial charge in [-0.15, -0.1) is 0 Å². The molecule has 0 aliphatic carbocycles. The van der Waals surface area contributed by atoms with Gasteiger partial charge in [0.05, 0.1) is 12.1 Å². The van der Waals surface area contributed by atoms with Gasteiger partial charge in [0.25, 0.3) is 5.91 Å². The van der Waals surface area contributed by atoms with Crippen LogP contribution in [-0.4, -0.2) is 57.8 Å². The van der Waals surface area contributed by atoms with Crippen molar-refractivity contribution in [3.8, 4) is 0 Å². The largest absolute Gasteiger partial charge is 0.410 e. The first-order valence-electron chi connectivity index (χ1n) is 13.6. The normalized spacial score (nSPS) is 19.6. The molecular formula is C31H29ClF3N5O. The Morgan fingerprint density at radius 1 is 0.854 bits per heavy atom. The van der Waals surface area contributed by atoms with E-state index in [0.717, 1.165) is 15.8 Å². The highest BCUT2D eigenvalue weighted by Gasteiger charge is 2.48. The summed E-state index contributed by atoms with van der Waals surface area (Å²) in [6.45, 7) is 1.97. The van der Waals surface area contributed by atoms with Crippen LogP contribution in [0.25, 0.3) is 0 Å². The number of piperazine rings is 1. The second-order valence-corrected chi connectivity index (χ2v) is 10.8. The van der Waals surface area contributed by atoms with E-state index in [1.165, 1.54) is 0 Å². The van der Waals surface area contributed by atoms with Crippen molar-refractivity contribution in [1.29, 1.82) is 0 Å². The monoisotopic (exact) mass is 579 g/mol. The first-order chi connectivity index (χ1) is 19.8. The molecular weight excluding hydrogens is 551 g/mol. The third-order valence-corrected chi connectivity index (χ3v) is 8.26. The highest BCUT2D eigenvalue weighted by atomic mass is 35.5. The molecule has 4 aromatic rings. The van der Waals surface area contributed by atoms with Crippen LogP contribution < -0.4 is 5.32 Å².